The second-order valence-corrected chi connectivity index (χ2v) is 5.81. The van der Waals surface area contributed by atoms with Crippen molar-refractivity contribution >= 4 is 0 Å². The molecule has 2 nitrogen and oxygen atoms in total. The molecule has 0 amide bonds. The molecular weight excluding hydrogens is 212 g/mol. The number of benzene rings is 1. The van der Waals surface area contributed by atoms with E-state index in [9.17, 15) is 5.11 Å². The summed E-state index contributed by atoms with van der Waals surface area (Å²) in [5, 5.41) is 10.9. The topological polar surface area (TPSA) is 29.5 Å². The summed E-state index contributed by atoms with van der Waals surface area (Å²) >= 11 is 0. The van der Waals surface area contributed by atoms with Gasteiger partial charge in [-0.05, 0) is 44.4 Å². The predicted molar refractivity (Wildman–Crippen MR) is 69.1 cm³/mol. The summed E-state index contributed by atoms with van der Waals surface area (Å²) < 4.78 is 5.69. The number of aliphatic hydroxyl groups is 1. The van der Waals surface area contributed by atoms with Crippen LogP contribution in [0.5, 0.6) is 0 Å². The van der Waals surface area contributed by atoms with Gasteiger partial charge in [-0.1, -0.05) is 18.2 Å². The molecule has 2 rings (SSSR count). The van der Waals surface area contributed by atoms with Gasteiger partial charge in [0.1, 0.15) is 0 Å². The molecule has 1 unspecified atom stereocenters. The Morgan fingerprint density at radius 2 is 1.94 bits per heavy atom. The lowest BCUT2D eigenvalue weighted by Gasteiger charge is -2.42. The maximum absolute atomic E-state index is 10.9. The van der Waals surface area contributed by atoms with E-state index in [1.165, 1.54) is 11.1 Å². The summed E-state index contributed by atoms with van der Waals surface area (Å²) in [5.41, 5.74) is 2.52. The Labute approximate surface area is 104 Å². The molecule has 0 aliphatic carbocycles. The van der Waals surface area contributed by atoms with Crippen LogP contribution in [0.15, 0.2) is 18.2 Å². The van der Waals surface area contributed by atoms with E-state index >= 15 is 0 Å². The number of aryl methyl sites for hydroxylation is 1. The molecule has 17 heavy (non-hydrogen) atoms. The summed E-state index contributed by atoms with van der Waals surface area (Å²) in [7, 11) is 0. The molecular formula is C15H22O2. The summed E-state index contributed by atoms with van der Waals surface area (Å²) in [6.07, 6.45) is 1.34. The van der Waals surface area contributed by atoms with Gasteiger partial charge < -0.3 is 9.84 Å². The van der Waals surface area contributed by atoms with Crippen molar-refractivity contribution in [3.8, 4) is 0 Å². The molecule has 1 N–H and O–H groups in total. The Balaban J connectivity index is 2.41. The van der Waals surface area contributed by atoms with Gasteiger partial charge in [0.15, 0.2) is 0 Å². The molecule has 0 bridgehead atoms. The van der Waals surface area contributed by atoms with Crippen LogP contribution in [-0.2, 0) is 10.3 Å². The molecule has 1 fully saturated rings. The van der Waals surface area contributed by atoms with E-state index in [2.05, 4.69) is 19.9 Å². The standard InChI is InChI=1S/C15H22O2/c1-11-6-5-7-13(12(11)2)15(16)8-9-17-14(3,4)10-15/h5-7,16H,8-10H2,1-4H3. The van der Waals surface area contributed by atoms with Crippen LogP contribution >= 0.6 is 0 Å². The predicted octanol–water partition coefficient (Wildman–Crippen LogP) is 3.08. The second kappa shape index (κ2) is 4.11. The molecule has 94 valence electrons. The van der Waals surface area contributed by atoms with E-state index in [4.69, 9.17) is 4.74 Å². The monoisotopic (exact) mass is 234 g/mol. The van der Waals surface area contributed by atoms with E-state index in [-0.39, 0.29) is 5.60 Å². The van der Waals surface area contributed by atoms with Crippen molar-refractivity contribution in [3.05, 3.63) is 34.9 Å². The molecule has 1 aromatic carbocycles. The van der Waals surface area contributed by atoms with E-state index < -0.39 is 5.60 Å². The highest BCUT2D eigenvalue weighted by molar-refractivity contribution is 5.37. The van der Waals surface area contributed by atoms with Crippen molar-refractivity contribution in [3.63, 3.8) is 0 Å². The second-order valence-electron chi connectivity index (χ2n) is 5.81. The molecule has 2 heteroatoms. The Morgan fingerprint density at radius 3 is 2.59 bits per heavy atom. The zero-order chi connectivity index (χ0) is 12.7. The van der Waals surface area contributed by atoms with Gasteiger partial charge >= 0.3 is 0 Å². The van der Waals surface area contributed by atoms with Gasteiger partial charge in [-0.2, -0.15) is 0 Å². The van der Waals surface area contributed by atoms with Gasteiger partial charge in [-0.3, -0.25) is 0 Å². The van der Waals surface area contributed by atoms with Gasteiger partial charge in [0.2, 0.25) is 0 Å². The van der Waals surface area contributed by atoms with Crippen LogP contribution in [0.3, 0.4) is 0 Å². The van der Waals surface area contributed by atoms with E-state index in [0.29, 0.717) is 19.4 Å². The molecule has 0 aromatic heterocycles. The zero-order valence-electron chi connectivity index (χ0n) is 11.2. The Morgan fingerprint density at radius 1 is 1.24 bits per heavy atom. The number of hydrogen-bond donors (Lipinski definition) is 1. The van der Waals surface area contributed by atoms with E-state index in [1.54, 1.807) is 0 Å². The third kappa shape index (κ3) is 2.38. The Bertz CT molecular complexity index is 423. The fourth-order valence-electron chi connectivity index (χ4n) is 2.82. The molecule has 1 heterocycles. The molecule has 1 atom stereocenters. The largest absolute Gasteiger partial charge is 0.385 e. The van der Waals surface area contributed by atoms with Crippen molar-refractivity contribution < 1.29 is 9.84 Å². The van der Waals surface area contributed by atoms with Crippen molar-refractivity contribution in [2.75, 3.05) is 6.61 Å². The quantitative estimate of drug-likeness (QED) is 0.809. The smallest absolute Gasteiger partial charge is 0.0948 e. The van der Waals surface area contributed by atoms with Crippen molar-refractivity contribution in [1.82, 2.24) is 0 Å². The minimum atomic E-state index is -0.738. The Kier molecular flexibility index (Phi) is 3.04. The van der Waals surface area contributed by atoms with Crippen molar-refractivity contribution in [1.29, 1.82) is 0 Å². The van der Waals surface area contributed by atoms with Gasteiger partial charge in [0, 0.05) is 12.8 Å². The van der Waals surface area contributed by atoms with Crippen molar-refractivity contribution in [2.45, 2.75) is 51.7 Å². The van der Waals surface area contributed by atoms with Crippen LogP contribution in [0, 0.1) is 13.8 Å². The lowest BCUT2D eigenvalue weighted by Crippen LogP contribution is -2.44. The summed E-state index contributed by atoms with van der Waals surface area (Å²) in [4.78, 5) is 0. The summed E-state index contributed by atoms with van der Waals surface area (Å²) in [6.45, 7) is 8.89. The first-order valence-corrected chi connectivity index (χ1v) is 6.27. The van der Waals surface area contributed by atoms with Crippen LogP contribution in [0.25, 0.3) is 0 Å². The van der Waals surface area contributed by atoms with E-state index in [1.807, 2.05) is 26.0 Å². The van der Waals surface area contributed by atoms with Crippen LogP contribution in [0.1, 0.15) is 43.4 Å². The summed E-state index contributed by atoms with van der Waals surface area (Å²) in [5.74, 6) is 0. The molecule has 0 saturated carbocycles. The summed E-state index contributed by atoms with van der Waals surface area (Å²) in [6, 6.07) is 6.16. The minimum Gasteiger partial charge on any atom is -0.385 e. The first-order valence-electron chi connectivity index (χ1n) is 6.27. The normalized spacial score (nSPS) is 28.1. The zero-order valence-corrected chi connectivity index (χ0v) is 11.2. The maximum Gasteiger partial charge on any atom is 0.0948 e. The lowest BCUT2D eigenvalue weighted by atomic mass is 9.77. The van der Waals surface area contributed by atoms with Gasteiger partial charge in [-0.25, -0.2) is 0 Å². The molecule has 0 radical (unpaired) electrons. The maximum atomic E-state index is 10.9. The molecule has 1 aromatic rings. The third-order valence-electron chi connectivity index (χ3n) is 3.83. The highest BCUT2D eigenvalue weighted by Crippen LogP contribution is 2.40. The fourth-order valence-corrected chi connectivity index (χ4v) is 2.82. The molecule has 0 spiro atoms. The van der Waals surface area contributed by atoms with Gasteiger partial charge in [0.25, 0.3) is 0 Å². The Hall–Kier alpha value is -0.860. The lowest BCUT2D eigenvalue weighted by molar-refractivity contribution is -0.148. The van der Waals surface area contributed by atoms with Gasteiger partial charge in [-0.15, -0.1) is 0 Å². The SMILES string of the molecule is Cc1cccc(C2(O)CCOC(C)(C)C2)c1C. The highest BCUT2D eigenvalue weighted by atomic mass is 16.5. The average molecular weight is 234 g/mol. The van der Waals surface area contributed by atoms with Crippen LogP contribution in [0.2, 0.25) is 0 Å². The number of hydrogen-bond acceptors (Lipinski definition) is 2. The average Bonchev–Trinajstić information content (AvgIpc) is 2.20. The molecule has 1 aliphatic heterocycles. The van der Waals surface area contributed by atoms with Crippen LogP contribution in [-0.4, -0.2) is 17.3 Å². The number of rotatable bonds is 1. The first-order chi connectivity index (χ1) is 7.84. The highest BCUT2D eigenvalue weighted by Gasteiger charge is 2.41. The number of ether oxygens (including phenoxy) is 1. The molecule has 1 aliphatic rings. The van der Waals surface area contributed by atoms with Crippen molar-refractivity contribution in [2.24, 2.45) is 0 Å². The van der Waals surface area contributed by atoms with Gasteiger partial charge in [0.05, 0.1) is 17.8 Å². The molecule has 1 saturated heterocycles. The fraction of sp³-hybridized carbons (Fsp3) is 0.600. The van der Waals surface area contributed by atoms with Crippen LogP contribution in [0.4, 0.5) is 0 Å². The van der Waals surface area contributed by atoms with Crippen LogP contribution < -0.4 is 0 Å². The minimum absolute atomic E-state index is 0.247. The third-order valence-corrected chi connectivity index (χ3v) is 3.83. The first kappa shape index (κ1) is 12.6. The van der Waals surface area contributed by atoms with E-state index in [0.717, 1.165) is 5.56 Å².